The number of carboxylic acid groups (broad SMARTS) is 1. The highest BCUT2D eigenvalue weighted by Crippen LogP contribution is 2.44. The van der Waals surface area contributed by atoms with E-state index in [4.69, 9.17) is 14.3 Å². The van der Waals surface area contributed by atoms with Crippen molar-refractivity contribution >= 4 is 26.3 Å². The van der Waals surface area contributed by atoms with Crippen LogP contribution in [0.25, 0.3) is 6.08 Å². The lowest BCUT2D eigenvalue weighted by atomic mass is 9.85. The number of hydrogen-bond donors (Lipinski definition) is 1. The molecule has 0 aromatic heterocycles. The first-order chi connectivity index (χ1) is 12.5. The van der Waals surface area contributed by atoms with Crippen molar-refractivity contribution in [3.05, 3.63) is 41.5 Å². The summed E-state index contributed by atoms with van der Waals surface area (Å²) >= 11 is 0. The van der Waals surface area contributed by atoms with E-state index in [9.17, 15) is 9.59 Å². The van der Waals surface area contributed by atoms with Crippen molar-refractivity contribution in [1.82, 2.24) is 0 Å². The summed E-state index contributed by atoms with van der Waals surface area (Å²) in [5.74, 6) is -1.80. The Bertz CT molecular complexity index is 718. The van der Waals surface area contributed by atoms with Gasteiger partial charge in [0.05, 0.1) is 12.7 Å². The van der Waals surface area contributed by atoms with Crippen LogP contribution in [-0.4, -0.2) is 32.0 Å². The zero-order valence-electron chi connectivity index (χ0n) is 16.8. The van der Waals surface area contributed by atoms with E-state index in [1.54, 1.807) is 0 Å². The van der Waals surface area contributed by atoms with Gasteiger partial charge in [-0.1, -0.05) is 57.2 Å². The molecule has 1 aromatic carbocycles. The third kappa shape index (κ3) is 5.53. The standard InChI is InChI=1S/C21H30O5Si/c1-21(2,3)27(4,5)26-20-16(12-13-25-19(24)14-18(22)23)11-10-15-8-6-7-9-17(15)20/h6-11,16,20H,12-14H2,1-5H3,(H,22,23). The molecule has 0 saturated heterocycles. The maximum atomic E-state index is 11.5. The molecule has 0 saturated carbocycles. The van der Waals surface area contributed by atoms with Crippen LogP contribution in [0.1, 0.15) is 50.8 Å². The summed E-state index contributed by atoms with van der Waals surface area (Å²) in [5.41, 5.74) is 2.31. The zero-order chi connectivity index (χ0) is 20.2. The molecule has 0 fully saturated rings. The molecule has 0 spiro atoms. The van der Waals surface area contributed by atoms with Gasteiger partial charge in [-0.15, -0.1) is 0 Å². The minimum absolute atomic E-state index is 0.0756. The quantitative estimate of drug-likeness (QED) is 0.411. The summed E-state index contributed by atoms with van der Waals surface area (Å²) in [7, 11) is -2.00. The summed E-state index contributed by atoms with van der Waals surface area (Å²) in [5, 5.41) is 8.74. The largest absolute Gasteiger partial charge is 0.481 e. The Balaban J connectivity index is 2.15. The molecule has 0 aliphatic heterocycles. The van der Waals surface area contributed by atoms with Crippen LogP contribution in [0.2, 0.25) is 18.1 Å². The molecule has 0 amide bonds. The minimum Gasteiger partial charge on any atom is -0.481 e. The zero-order valence-corrected chi connectivity index (χ0v) is 17.8. The topological polar surface area (TPSA) is 72.8 Å². The van der Waals surface area contributed by atoms with E-state index in [2.05, 4.69) is 58.2 Å². The first kappa shape index (κ1) is 21.4. The third-order valence-corrected chi connectivity index (χ3v) is 9.91. The highest BCUT2D eigenvalue weighted by Gasteiger charge is 2.41. The Kier molecular flexibility index (Phi) is 6.65. The van der Waals surface area contributed by atoms with E-state index in [1.807, 2.05) is 12.1 Å². The number of fused-ring (bicyclic) bond motifs is 1. The third-order valence-electron chi connectivity index (χ3n) is 5.45. The van der Waals surface area contributed by atoms with Crippen LogP contribution >= 0.6 is 0 Å². The summed E-state index contributed by atoms with van der Waals surface area (Å²) in [6.07, 6.45) is 4.10. The Morgan fingerprint density at radius 2 is 1.85 bits per heavy atom. The van der Waals surface area contributed by atoms with Crippen LogP contribution in [0, 0.1) is 5.92 Å². The fourth-order valence-corrected chi connectivity index (χ4v) is 4.15. The van der Waals surface area contributed by atoms with Gasteiger partial charge in [0.1, 0.15) is 6.42 Å². The highest BCUT2D eigenvalue weighted by molar-refractivity contribution is 6.74. The number of carbonyl (C=O) groups excluding carboxylic acids is 1. The lowest BCUT2D eigenvalue weighted by Gasteiger charge is -2.42. The Hall–Kier alpha value is -1.92. The molecule has 6 heteroatoms. The molecule has 27 heavy (non-hydrogen) atoms. The first-order valence-corrected chi connectivity index (χ1v) is 12.2. The monoisotopic (exact) mass is 390 g/mol. The van der Waals surface area contributed by atoms with Gasteiger partial charge >= 0.3 is 11.9 Å². The average Bonchev–Trinajstić information content (AvgIpc) is 2.54. The molecule has 0 heterocycles. The van der Waals surface area contributed by atoms with E-state index in [0.29, 0.717) is 6.42 Å². The molecule has 1 N–H and O–H groups in total. The predicted octanol–water partition coefficient (Wildman–Crippen LogP) is 4.80. The summed E-state index contributed by atoms with van der Waals surface area (Å²) in [6, 6.07) is 8.21. The van der Waals surface area contributed by atoms with E-state index in [0.717, 1.165) is 11.1 Å². The lowest BCUT2D eigenvalue weighted by Crippen LogP contribution is -2.43. The smallest absolute Gasteiger partial charge is 0.317 e. The second-order valence-electron chi connectivity index (χ2n) is 8.53. The number of hydrogen-bond acceptors (Lipinski definition) is 4. The maximum absolute atomic E-state index is 11.5. The first-order valence-electron chi connectivity index (χ1n) is 9.33. The van der Waals surface area contributed by atoms with Crippen molar-refractivity contribution in [2.75, 3.05) is 6.61 Å². The van der Waals surface area contributed by atoms with E-state index >= 15 is 0 Å². The molecule has 148 valence electrons. The van der Waals surface area contributed by atoms with Crippen molar-refractivity contribution in [2.45, 2.75) is 57.8 Å². The Morgan fingerprint density at radius 3 is 2.48 bits per heavy atom. The van der Waals surface area contributed by atoms with E-state index < -0.39 is 26.7 Å². The summed E-state index contributed by atoms with van der Waals surface area (Å²) in [4.78, 5) is 22.1. The van der Waals surface area contributed by atoms with Crippen LogP contribution in [-0.2, 0) is 18.8 Å². The number of carboxylic acids is 1. The molecular formula is C21H30O5Si. The fraction of sp³-hybridized carbons (Fsp3) is 0.524. The van der Waals surface area contributed by atoms with Crippen LogP contribution in [0.3, 0.4) is 0 Å². The van der Waals surface area contributed by atoms with Gasteiger partial charge in [-0.3, -0.25) is 9.59 Å². The second-order valence-corrected chi connectivity index (χ2v) is 13.3. The molecule has 1 aliphatic rings. The van der Waals surface area contributed by atoms with Gasteiger partial charge < -0.3 is 14.3 Å². The van der Waals surface area contributed by atoms with Crippen molar-refractivity contribution in [2.24, 2.45) is 5.92 Å². The number of carbonyl (C=O) groups is 2. The predicted molar refractivity (Wildman–Crippen MR) is 108 cm³/mol. The molecule has 0 radical (unpaired) electrons. The number of aliphatic carboxylic acids is 1. The van der Waals surface area contributed by atoms with Gasteiger partial charge in [0.15, 0.2) is 8.32 Å². The van der Waals surface area contributed by atoms with Gasteiger partial charge in [0, 0.05) is 5.92 Å². The van der Waals surface area contributed by atoms with Crippen LogP contribution in [0.4, 0.5) is 0 Å². The normalized spacial score (nSPS) is 19.4. The number of benzene rings is 1. The summed E-state index contributed by atoms with van der Waals surface area (Å²) in [6.45, 7) is 11.3. The van der Waals surface area contributed by atoms with Crippen LogP contribution in [0.5, 0.6) is 0 Å². The van der Waals surface area contributed by atoms with Gasteiger partial charge in [0.2, 0.25) is 0 Å². The molecular weight excluding hydrogens is 360 g/mol. The van der Waals surface area contributed by atoms with Gasteiger partial charge in [-0.2, -0.15) is 0 Å². The fourth-order valence-electron chi connectivity index (χ4n) is 2.86. The molecule has 2 rings (SSSR count). The maximum Gasteiger partial charge on any atom is 0.317 e. The number of esters is 1. The van der Waals surface area contributed by atoms with Crippen LogP contribution in [0.15, 0.2) is 30.3 Å². The van der Waals surface area contributed by atoms with Gasteiger partial charge in [0.25, 0.3) is 0 Å². The SMILES string of the molecule is CC(C)(C)[Si](C)(C)OC1c2ccccc2C=CC1CCOC(=O)CC(=O)O. The van der Waals surface area contributed by atoms with Crippen molar-refractivity contribution in [3.8, 4) is 0 Å². The van der Waals surface area contributed by atoms with E-state index in [1.165, 1.54) is 0 Å². The molecule has 2 unspecified atom stereocenters. The minimum atomic E-state index is -2.00. The summed E-state index contributed by atoms with van der Waals surface area (Å²) < 4.78 is 11.8. The number of ether oxygens (including phenoxy) is 1. The lowest BCUT2D eigenvalue weighted by molar-refractivity contribution is -0.151. The Labute approximate surface area is 162 Å². The van der Waals surface area contributed by atoms with Gasteiger partial charge in [-0.05, 0) is 35.7 Å². The van der Waals surface area contributed by atoms with Crippen molar-refractivity contribution in [1.29, 1.82) is 0 Å². The van der Waals surface area contributed by atoms with E-state index in [-0.39, 0.29) is 23.7 Å². The molecule has 0 bridgehead atoms. The molecule has 5 nitrogen and oxygen atoms in total. The van der Waals surface area contributed by atoms with Crippen molar-refractivity contribution < 1.29 is 23.9 Å². The average molecular weight is 391 g/mol. The highest BCUT2D eigenvalue weighted by atomic mass is 28.4. The number of rotatable bonds is 7. The van der Waals surface area contributed by atoms with Crippen molar-refractivity contribution in [3.63, 3.8) is 0 Å². The van der Waals surface area contributed by atoms with Gasteiger partial charge in [-0.25, -0.2) is 0 Å². The molecule has 1 aromatic rings. The second kappa shape index (κ2) is 8.40. The Morgan fingerprint density at radius 1 is 1.19 bits per heavy atom. The van der Waals surface area contributed by atoms with Crippen LogP contribution < -0.4 is 0 Å². The molecule has 1 aliphatic carbocycles. The molecule has 2 atom stereocenters.